The number of rotatable bonds is 6. The number of hydrogen-bond donors (Lipinski definition) is 2. The van der Waals surface area contributed by atoms with Crippen molar-refractivity contribution in [2.24, 2.45) is 0 Å². The minimum Gasteiger partial charge on any atom is -0.478 e. The molecule has 1 aromatic heterocycles. The van der Waals surface area contributed by atoms with Crippen LogP contribution in [0.2, 0.25) is 0 Å². The van der Waals surface area contributed by atoms with Crippen molar-refractivity contribution in [1.29, 1.82) is 0 Å². The molecule has 0 saturated carbocycles. The van der Waals surface area contributed by atoms with Crippen molar-refractivity contribution in [3.05, 3.63) is 35.5 Å². The van der Waals surface area contributed by atoms with Gasteiger partial charge in [0.15, 0.2) is 0 Å². The third-order valence-corrected chi connectivity index (χ3v) is 4.79. The molecule has 1 unspecified atom stereocenters. The van der Waals surface area contributed by atoms with E-state index in [4.69, 9.17) is 5.11 Å². The van der Waals surface area contributed by atoms with Gasteiger partial charge in [-0.05, 0) is 43.7 Å². The first-order chi connectivity index (χ1) is 11.5. The molecule has 6 heteroatoms. The number of nitrogens with one attached hydrogen (secondary N) is 1. The fourth-order valence-corrected chi connectivity index (χ4v) is 3.44. The van der Waals surface area contributed by atoms with Gasteiger partial charge in [-0.25, -0.2) is 14.2 Å². The maximum Gasteiger partial charge on any atom is 0.328 e. The van der Waals surface area contributed by atoms with Gasteiger partial charge in [-0.2, -0.15) is 0 Å². The summed E-state index contributed by atoms with van der Waals surface area (Å²) in [4.78, 5) is 17.1. The smallest absolute Gasteiger partial charge is 0.328 e. The second-order valence-corrected chi connectivity index (χ2v) is 6.72. The van der Waals surface area contributed by atoms with Gasteiger partial charge in [-0.15, -0.1) is 0 Å². The second kappa shape index (κ2) is 7.30. The summed E-state index contributed by atoms with van der Waals surface area (Å²) in [5.74, 6) is -0.00804. The lowest BCUT2D eigenvalue weighted by Gasteiger charge is -2.21. The zero-order chi connectivity index (χ0) is 17.0. The molecule has 0 aliphatic carbocycles. The maximum atomic E-state index is 14.9. The molecule has 1 saturated heterocycles. The van der Waals surface area contributed by atoms with Crippen molar-refractivity contribution in [3.63, 3.8) is 0 Å². The first kappa shape index (κ1) is 16.9. The summed E-state index contributed by atoms with van der Waals surface area (Å²) in [6, 6.07) is 4.11. The zero-order valence-electron chi connectivity index (χ0n) is 13.8. The van der Waals surface area contributed by atoms with Crippen molar-refractivity contribution >= 4 is 11.8 Å². The van der Waals surface area contributed by atoms with Crippen LogP contribution in [0.4, 0.5) is 10.2 Å². The van der Waals surface area contributed by atoms with Gasteiger partial charge in [-0.1, -0.05) is 12.1 Å². The number of halogens is 1. The van der Waals surface area contributed by atoms with Crippen LogP contribution in [-0.4, -0.2) is 52.8 Å². The lowest BCUT2D eigenvalue weighted by Crippen LogP contribution is -2.30. The third kappa shape index (κ3) is 4.32. The van der Waals surface area contributed by atoms with Gasteiger partial charge >= 0.3 is 5.97 Å². The molecular weight excluding hydrogens is 309 g/mol. The molecule has 0 amide bonds. The normalized spacial score (nSPS) is 24.0. The Labute approximate surface area is 141 Å². The number of aliphatic carboxylic acids is 1. The Kier molecular flexibility index (Phi) is 5.14. The molecule has 2 aliphatic heterocycles. The predicted molar refractivity (Wildman–Crippen MR) is 91.0 cm³/mol. The SMILES string of the molecule is O=C(O)C=CCN1CCC(F)(CCc2ccc3c(n2)NCCC3)C1. The number of carboxylic acids is 1. The molecular formula is C18H24FN3O2. The van der Waals surface area contributed by atoms with Crippen molar-refractivity contribution in [1.82, 2.24) is 9.88 Å². The van der Waals surface area contributed by atoms with Crippen molar-refractivity contribution < 1.29 is 14.3 Å². The Morgan fingerprint density at radius 3 is 3.21 bits per heavy atom. The van der Waals surface area contributed by atoms with Crippen LogP contribution in [0.5, 0.6) is 0 Å². The number of aryl methyl sites for hydroxylation is 2. The van der Waals surface area contributed by atoms with Crippen LogP contribution >= 0.6 is 0 Å². The molecule has 0 radical (unpaired) electrons. The maximum absolute atomic E-state index is 14.9. The molecule has 1 fully saturated rings. The Bertz CT molecular complexity index is 635. The summed E-state index contributed by atoms with van der Waals surface area (Å²) in [6.45, 7) is 2.47. The quantitative estimate of drug-likeness (QED) is 0.783. The van der Waals surface area contributed by atoms with E-state index in [-0.39, 0.29) is 0 Å². The van der Waals surface area contributed by atoms with Gasteiger partial charge in [0, 0.05) is 37.9 Å². The zero-order valence-corrected chi connectivity index (χ0v) is 13.8. The van der Waals surface area contributed by atoms with E-state index in [1.807, 2.05) is 11.0 Å². The van der Waals surface area contributed by atoms with E-state index in [2.05, 4.69) is 16.4 Å². The average molecular weight is 333 g/mol. The lowest BCUT2D eigenvalue weighted by molar-refractivity contribution is -0.131. The molecule has 0 spiro atoms. The number of carbonyl (C=O) groups is 1. The third-order valence-electron chi connectivity index (χ3n) is 4.79. The fourth-order valence-electron chi connectivity index (χ4n) is 3.44. The van der Waals surface area contributed by atoms with E-state index < -0.39 is 11.6 Å². The Morgan fingerprint density at radius 1 is 1.50 bits per heavy atom. The van der Waals surface area contributed by atoms with Gasteiger partial charge in [-0.3, -0.25) is 4.90 Å². The van der Waals surface area contributed by atoms with Crippen LogP contribution in [0.15, 0.2) is 24.3 Å². The number of hydrogen-bond acceptors (Lipinski definition) is 4. The largest absolute Gasteiger partial charge is 0.478 e. The number of aromatic nitrogens is 1. The molecule has 1 atom stereocenters. The van der Waals surface area contributed by atoms with E-state index >= 15 is 0 Å². The first-order valence-electron chi connectivity index (χ1n) is 8.57. The lowest BCUT2D eigenvalue weighted by atomic mass is 9.97. The average Bonchev–Trinajstić information content (AvgIpc) is 2.94. The first-order valence-corrected chi connectivity index (χ1v) is 8.57. The topological polar surface area (TPSA) is 65.5 Å². The summed E-state index contributed by atoms with van der Waals surface area (Å²) in [5.41, 5.74) is 0.976. The Morgan fingerprint density at radius 2 is 2.38 bits per heavy atom. The standard InChI is InChI=1S/C18H24FN3O2/c19-18(9-12-22(13-18)11-2-4-16(23)24)8-7-15-6-5-14-3-1-10-20-17(14)21-15/h2,4-6H,1,3,7-13H2,(H,20,21)(H,23,24). The molecule has 3 rings (SSSR count). The second-order valence-electron chi connectivity index (χ2n) is 6.72. The molecule has 2 aliphatic rings. The number of carboxylic acid groups (broad SMARTS) is 1. The van der Waals surface area contributed by atoms with Crippen molar-refractivity contribution in [2.75, 3.05) is 31.5 Å². The van der Waals surface area contributed by atoms with Crippen LogP contribution in [0, 0.1) is 0 Å². The van der Waals surface area contributed by atoms with Gasteiger partial charge in [0.2, 0.25) is 0 Å². The monoisotopic (exact) mass is 333 g/mol. The molecule has 5 nitrogen and oxygen atoms in total. The van der Waals surface area contributed by atoms with E-state index in [1.165, 1.54) is 5.56 Å². The highest BCUT2D eigenvalue weighted by atomic mass is 19.1. The number of likely N-dealkylation sites (tertiary alicyclic amines) is 1. The molecule has 0 aromatic carbocycles. The fraction of sp³-hybridized carbons (Fsp3) is 0.556. The number of fused-ring (bicyclic) bond motifs is 1. The van der Waals surface area contributed by atoms with Crippen LogP contribution in [0.1, 0.15) is 30.5 Å². The number of nitrogens with zero attached hydrogens (tertiary/aromatic N) is 2. The molecule has 0 bridgehead atoms. The molecule has 1 aromatic rings. The van der Waals surface area contributed by atoms with Crippen LogP contribution in [0.3, 0.4) is 0 Å². The van der Waals surface area contributed by atoms with E-state index in [1.54, 1.807) is 6.08 Å². The van der Waals surface area contributed by atoms with Gasteiger partial charge in [0.05, 0.1) is 0 Å². The van der Waals surface area contributed by atoms with Gasteiger partial charge in [0.1, 0.15) is 11.5 Å². The van der Waals surface area contributed by atoms with Gasteiger partial charge in [0.25, 0.3) is 0 Å². The van der Waals surface area contributed by atoms with Gasteiger partial charge < -0.3 is 10.4 Å². The number of pyridine rings is 1. The van der Waals surface area contributed by atoms with E-state index in [9.17, 15) is 9.18 Å². The van der Waals surface area contributed by atoms with Crippen LogP contribution < -0.4 is 5.32 Å². The summed E-state index contributed by atoms with van der Waals surface area (Å²) in [5, 5.41) is 11.9. The highest BCUT2D eigenvalue weighted by molar-refractivity contribution is 5.79. The highest BCUT2D eigenvalue weighted by Crippen LogP contribution is 2.30. The highest BCUT2D eigenvalue weighted by Gasteiger charge is 2.37. The van der Waals surface area contributed by atoms with Crippen molar-refractivity contribution in [2.45, 2.75) is 37.8 Å². The van der Waals surface area contributed by atoms with Crippen LogP contribution in [-0.2, 0) is 17.6 Å². The minimum atomic E-state index is -1.21. The minimum absolute atomic E-state index is 0.361. The molecule has 130 valence electrons. The van der Waals surface area contributed by atoms with E-state index in [0.29, 0.717) is 38.9 Å². The Balaban J connectivity index is 1.52. The van der Waals surface area contributed by atoms with Crippen molar-refractivity contribution in [3.8, 4) is 0 Å². The van der Waals surface area contributed by atoms with Crippen LogP contribution in [0.25, 0.3) is 0 Å². The number of alkyl halides is 1. The van der Waals surface area contributed by atoms with E-state index in [0.717, 1.165) is 37.0 Å². The summed E-state index contributed by atoms with van der Waals surface area (Å²) in [6.07, 6.45) is 6.46. The molecule has 3 heterocycles. The molecule has 2 N–H and O–H groups in total. The molecule has 24 heavy (non-hydrogen) atoms. The summed E-state index contributed by atoms with van der Waals surface area (Å²) in [7, 11) is 0. The Hall–Kier alpha value is -1.95. The number of anilines is 1. The summed E-state index contributed by atoms with van der Waals surface area (Å²) >= 11 is 0. The summed E-state index contributed by atoms with van der Waals surface area (Å²) < 4.78 is 14.9. The predicted octanol–water partition coefficient (Wildman–Crippen LogP) is 2.43.